The topological polar surface area (TPSA) is 75.5 Å². The number of amides is 2. The van der Waals surface area contributed by atoms with Gasteiger partial charge in [0.2, 0.25) is 5.91 Å². The number of aryl methyl sites for hydroxylation is 1. The molecule has 3 heterocycles. The van der Waals surface area contributed by atoms with Crippen LogP contribution in [0.4, 0.5) is 19.0 Å². The first kappa shape index (κ1) is 19.4. The molecule has 1 aliphatic carbocycles. The molecule has 1 saturated carbocycles. The Morgan fingerprint density at radius 1 is 1.28 bits per heavy atom. The smallest absolute Gasteiger partial charge is 0.342 e. The lowest BCUT2D eigenvalue weighted by Crippen LogP contribution is -2.33. The molecule has 1 fully saturated rings. The van der Waals surface area contributed by atoms with Crippen molar-refractivity contribution in [1.82, 2.24) is 14.7 Å². The van der Waals surface area contributed by atoms with Crippen molar-refractivity contribution in [3.05, 3.63) is 40.3 Å². The summed E-state index contributed by atoms with van der Waals surface area (Å²) in [5.74, 6) is -0.244. The zero-order valence-electron chi connectivity index (χ0n) is 15.3. The van der Waals surface area contributed by atoms with E-state index in [4.69, 9.17) is 0 Å². The van der Waals surface area contributed by atoms with Gasteiger partial charge in [0.1, 0.15) is 12.2 Å². The van der Waals surface area contributed by atoms with E-state index in [1.54, 1.807) is 29.7 Å². The molecule has 0 aliphatic heterocycles. The summed E-state index contributed by atoms with van der Waals surface area (Å²) >= 11 is 1.14. The van der Waals surface area contributed by atoms with E-state index in [0.29, 0.717) is 11.5 Å². The van der Waals surface area contributed by atoms with Crippen LogP contribution in [-0.4, -0.2) is 33.9 Å². The molecule has 29 heavy (non-hydrogen) atoms. The first-order chi connectivity index (χ1) is 13.7. The highest BCUT2D eigenvalue weighted by atomic mass is 32.1. The Hall–Kier alpha value is -2.88. The van der Waals surface area contributed by atoms with E-state index in [-0.39, 0.29) is 16.7 Å². The van der Waals surface area contributed by atoms with Crippen LogP contribution in [0.25, 0.3) is 16.8 Å². The van der Waals surface area contributed by atoms with Crippen LogP contribution in [0.3, 0.4) is 0 Å². The van der Waals surface area contributed by atoms with Crippen molar-refractivity contribution in [3.8, 4) is 11.1 Å². The van der Waals surface area contributed by atoms with E-state index in [1.165, 1.54) is 0 Å². The SMILES string of the molecule is Cc1sc(C(=O)NCC(F)(F)F)cc1-c1ccc2nc(NC(=O)C3CC3)cn2c1. The van der Waals surface area contributed by atoms with Gasteiger partial charge in [-0.15, -0.1) is 11.3 Å². The number of fused-ring (bicyclic) bond motifs is 1. The highest BCUT2D eigenvalue weighted by Crippen LogP contribution is 2.32. The van der Waals surface area contributed by atoms with Gasteiger partial charge in [-0.05, 0) is 49.1 Å². The lowest BCUT2D eigenvalue weighted by molar-refractivity contribution is -0.123. The number of carbonyl (C=O) groups is 2. The molecule has 2 amide bonds. The van der Waals surface area contributed by atoms with Crippen LogP contribution < -0.4 is 10.6 Å². The molecule has 6 nitrogen and oxygen atoms in total. The van der Waals surface area contributed by atoms with E-state index < -0.39 is 18.6 Å². The van der Waals surface area contributed by atoms with Gasteiger partial charge in [-0.3, -0.25) is 9.59 Å². The molecule has 3 aromatic rings. The number of alkyl halides is 3. The van der Waals surface area contributed by atoms with E-state index >= 15 is 0 Å². The zero-order chi connectivity index (χ0) is 20.8. The van der Waals surface area contributed by atoms with Gasteiger partial charge < -0.3 is 15.0 Å². The summed E-state index contributed by atoms with van der Waals surface area (Å²) in [7, 11) is 0. The maximum absolute atomic E-state index is 12.3. The first-order valence-corrected chi connectivity index (χ1v) is 9.76. The molecule has 0 spiro atoms. The minimum Gasteiger partial charge on any atom is -0.342 e. The van der Waals surface area contributed by atoms with Crippen molar-refractivity contribution < 1.29 is 22.8 Å². The van der Waals surface area contributed by atoms with Crippen LogP contribution in [0, 0.1) is 12.8 Å². The largest absolute Gasteiger partial charge is 0.405 e. The van der Waals surface area contributed by atoms with Crippen LogP contribution in [-0.2, 0) is 4.79 Å². The third-order valence-corrected chi connectivity index (χ3v) is 5.60. The first-order valence-electron chi connectivity index (χ1n) is 8.95. The molecular formula is C19H17F3N4O2S. The molecule has 0 radical (unpaired) electrons. The van der Waals surface area contributed by atoms with Crippen LogP contribution in [0.5, 0.6) is 0 Å². The Labute approximate surface area is 167 Å². The fourth-order valence-electron chi connectivity index (χ4n) is 2.93. The summed E-state index contributed by atoms with van der Waals surface area (Å²) in [5.41, 5.74) is 2.20. The van der Waals surface area contributed by atoms with Crippen LogP contribution >= 0.6 is 11.3 Å². The molecule has 0 bridgehead atoms. The minimum atomic E-state index is -4.45. The Morgan fingerprint density at radius 3 is 2.72 bits per heavy atom. The summed E-state index contributed by atoms with van der Waals surface area (Å²) in [6.45, 7) is 0.439. The average Bonchev–Trinajstić information content (AvgIpc) is 3.32. The van der Waals surface area contributed by atoms with Gasteiger partial charge in [0.25, 0.3) is 5.91 Å². The number of aromatic nitrogens is 2. The molecule has 4 rings (SSSR count). The molecule has 3 aromatic heterocycles. The van der Waals surface area contributed by atoms with Crippen molar-refractivity contribution in [3.63, 3.8) is 0 Å². The van der Waals surface area contributed by atoms with E-state index in [2.05, 4.69) is 10.3 Å². The second-order valence-corrected chi connectivity index (χ2v) is 8.21. The number of thiophene rings is 1. The monoisotopic (exact) mass is 422 g/mol. The summed E-state index contributed by atoms with van der Waals surface area (Å²) in [4.78, 5) is 29.3. The Morgan fingerprint density at radius 2 is 2.03 bits per heavy atom. The molecule has 152 valence electrons. The van der Waals surface area contributed by atoms with Crippen molar-refractivity contribution in [1.29, 1.82) is 0 Å². The van der Waals surface area contributed by atoms with Gasteiger partial charge >= 0.3 is 6.18 Å². The lowest BCUT2D eigenvalue weighted by Gasteiger charge is -2.06. The van der Waals surface area contributed by atoms with Gasteiger partial charge in [-0.2, -0.15) is 13.2 Å². The maximum Gasteiger partial charge on any atom is 0.405 e. The zero-order valence-corrected chi connectivity index (χ0v) is 16.2. The Bertz CT molecular complexity index is 1100. The third kappa shape index (κ3) is 4.42. The van der Waals surface area contributed by atoms with Crippen molar-refractivity contribution in [2.45, 2.75) is 25.9 Å². The standard InChI is InChI=1S/C19H17F3N4O2S/c1-10-13(6-14(29-10)18(28)23-9-19(20,21)22)12-4-5-16-24-15(8-26(16)7-12)25-17(27)11-2-3-11/h4-8,11H,2-3,9H2,1H3,(H,23,28)(H,25,27). The molecule has 0 aromatic carbocycles. The normalized spacial score (nSPS) is 14.2. The second-order valence-electron chi connectivity index (χ2n) is 6.95. The molecule has 1 aliphatic rings. The van der Waals surface area contributed by atoms with Crippen molar-refractivity contribution >= 4 is 34.6 Å². The highest BCUT2D eigenvalue weighted by Gasteiger charge is 2.30. The van der Waals surface area contributed by atoms with Gasteiger partial charge in [0.15, 0.2) is 5.82 Å². The van der Waals surface area contributed by atoms with E-state index in [0.717, 1.165) is 40.2 Å². The second kappa shape index (κ2) is 7.18. The highest BCUT2D eigenvalue weighted by molar-refractivity contribution is 7.14. The van der Waals surface area contributed by atoms with Crippen LogP contribution in [0.15, 0.2) is 30.6 Å². The summed E-state index contributed by atoms with van der Waals surface area (Å²) < 4.78 is 38.7. The number of nitrogens with one attached hydrogen (secondary N) is 2. The van der Waals surface area contributed by atoms with Gasteiger partial charge in [0, 0.05) is 17.0 Å². The van der Waals surface area contributed by atoms with Crippen LogP contribution in [0.1, 0.15) is 27.4 Å². The predicted octanol–water partition coefficient (Wildman–Crippen LogP) is 4.01. The molecule has 10 heteroatoms. The molecule has 0 saturated heterocycles. The molecule has 0 unspecified atom stereocenters. The minimum absolute atomic E-state index is 0.0307. The molecule has 2 N–H and O–H groups in total. The summed E-state index contributed by atoms with van der Waals surface area (Å²) in [6, 6.07) is 5.18. The van der Waals surface area contributed by atoms with E-state index in [1.807, 2.05) is 17.6 Å². The molecular weight excluding hydrogens is 405 g/mol. The fraction of sp³-hybridized carbons (Fsp3) is 0.316. The summed E-state index contributed by atoms with van der Waals surface area (Å²) in [6.07, 6.45) is 0.864. The number of imidazole rings is 1. The van der Waals surface area contributed by atoms with Crippen molar-refractivity contribution in [2.75, 3.05) is 11.9 Å². The lowest BCUT2D eigenvalue weighted by atomic mass is 10.1. The van der Waals surface area contributed by atoms with Gasteiger partial charge in [-0.1, -0.05) is 0 Å². The predicted molar refractivity (Wildman–Crippen MR) is 103 cm³/mol. The van der Waals surface area contributed by atoms with Gasteiger partial charge in [0.05, 0.1) is 11.1 Å². The van der Waals surface area contributed by atoms with Gasteiger partial charge in [-0.25, -0.2) is 4.98 Å². The molecule has 0 atom stereocenters. The Kier molecular flexibility index (Phi) is 4.81. The number of nitrogens with zero attached hydrogens (tertiary/aromatic N) is 2. The fourth-order valence-corrected chi connectivity index (χ4v) is 3.89. The number of anilines is 1. The van der Waals surface area contributed by atoms with Crippen LogP contribution in [0.2, 0.25) is 0 Å². The number of pyridine rings is 1. The van der Waals surface area contributed by atoms with Crippen molar-refractivity contribution in [2.24, 2.45) is 5.92 Å². The Balaban J connectivity index is 1.55. The number of hydrogen-bond donors (Lipinski definition) is 2. The number of hydrogen-bond acceptors (Lipinski definition) is 4. The van der Waals surface area contributed by atoms with E-state index in [9.17, 15) is 22.8 Å². The quantitative estimate of drug-likeness (QED) is 0.652. The number of rotatable bonds is 5. The third-order valence-electron chi connectivity index (χ3n) is 4.55. The summed E-state index contributed by atoms with van der Waals surface area (Å²) in [5, 5.41) is 4.68. The maximum atomic E-state index is 12.3. The average molecular weight is 422 g/mol. The number of carbonyl (C=O) groups excluding carboxylic acids is 2. The number of halogens is 3.